The molecular weight excluding hydrogens is 428 g/mol. The van der Waals surface area contributed by atoms with Crippen LogP contribution in [0.1, 0.15) is 84.3 Å². The van der Waals surface area contributed by atoms with E-state index in [4.69, 9.17) is 5.73 Å². The summed E-state index contributed by atoms with van der Waals surface area (Å²) in [5.41, 5.74) is 6.38. The van der Waals surface area contributed by atoms with Gasteiger partial charge in [-0.05, 0) is 30.4 Å². The smallest absolute Gasteiger partial charge is 0.243 e. The Morgan fingerprint density at radius 2 is 1.85 bits per heavy atom. The lowest BCUT2D eigenvalue weighted by atomic mass is 9.84. The number of pyridine rings is 1. The highest BCUT2D eigenvalue weighted by Gasteiger charge is 2.33. The lowest BCUT2D eigenvalue weighted by Crippen LogP contribution is -2.55. The minimum atomic E-state index is -0.890. The third kappa shape index (κ3) is 9.34. The van der Waals surface area contributed by atoms with E-state index in [1.807, 2.05) is 18.2 Å². The Hall–Kier alpha value is -1.99. The van der Waals surface area contributed by atoms with Gasteiger partial charge in [0, 0.05) is 24.6 Å². The van der Waals surface area contributed by atoms with Crippen LogP contribution < -0.4 is 16.4 Å². The molecule has 0 radical (unpaired) electrons. The van der Waals surface area contributed by atoms with Gasteiger partial charge < -0.3 is 21.5 Å². The van der Waals surface area contributed by atoms with Crippen LogP contribution in [0.15, 0.2) is 24.4 Å². The maximum atomic E-state index is 13.3. The van der Waals surface area contributed by atoms with Crippen LogP contribution in [0.5, 0.6) is 0 Å². The third-order valence-electron chi connectivity index (χ3n) is 7.37. The number of nitrogens with one attached hydrogen (secondary N) is 2. The second-order valence-electron chi connectivity index (χ2n) is 10.3. The predicted molar refractivity (Wildman–Crippen MR) is 136 cm³/mol. The summed E-state index contributed by atoms with van der Waals surface area (Å²) in [6.07, 6.45) is 11.8. The molecule has 2 unspecified atom stereocenters. The van der Waals surface area contributed by atoms with Crippen molar-refractivity contribution in [3.8, 4) is 0 Å². The first-order valence-corrected chi connectivity index (χ1v) is 13.2. The third-order valence-corrected chi connectivity index (χ3v) is 7.37. The Kier molecular flexibility index (Phi) is 12.5. The van der Waals surface area contributed by atoms with Gasteiger partial charge >= 0.3 is 0 Å². The first kappa shape index (κ1) is 28.2. The first-order chi connectivity index (χ1) is 16.3. The molecular formula is C27H46N4O3. The number of carbonyl (C=O) groups is 2. The summed E-state index contributed by atoms with van der Waals surface area (Å²) in [6.45, 7) is 6.14. The van der Waals surface area contributed by atoms with Gasteiger partial charge in [0.1, 0.15) is 6.04 Å². The van der Waals surface area contributed by atoms with E-state index in [2.05, 4.69) is 29.5 Å². The largest absolute Gasteiger partial charge is 0.391 e. The zero-order chi connectivity index (χ0) is 24.9. The van der Waals surface area contributed by atoms with Gasteiger partial charge in [-0.2, -0.15) is 0 Å². The van der Waals surface area contributed by atoms with Crippen molar-refractivity contribution in [2.75, 3.05) is 6.54 Å². The molecule has 0 aromatic carbocycles. The Labute approximate surface area is 205 Å². The summed E-state index contributed by atoms with van der Waals surface area (Å²) in [4.78, 5) is 30.5. The van der Waals surface area contributed by atoms with Crippen molar-refractivity contribution in [2.24, 2.45) is 29.4 Å². The Morgan fingerprint density at radius 1 is 1.12 bits per heavy atom. The topological polar surface area (TPSA) is 117 Å². The number of unbranched alkanes of at least 4 members (excludes halogenated alkanes) is 1. The molecule has 0 bridgehead atoms. The number of rotatable bonds is 14. The van der Waals surface area contributed by atoms with Gasteiger partial charge in [0.05, 0.1) is 18.3 Å². The van der Waals surface area contributed by atoms with Crippen molar-refractivity contribution >= 4 is 11.8 Å². The quantitative estimate of drug-likeness (QED) is 0.308. The molecule has 1 aromatic rings. The van der Waals surface area contributed by atoms with Gasteiger partial charge in [0.2, 0.25) is 11.8 Å². The molecule has 1 aliphatic rings. The van der Waals surface area contributed by atoms with E-state index >= 15 is 0 Å². The molecule has 1 aromatic heterocycles. The molecule has 1 saturated carbocycles. The molecule has 0 aliphatic heterocycles. The molecule has 1 heterocycles. The summed E-state index contributed by atoms with van der Waals surface area (Å²) >= 11 is 0. The molecule has 192 valence electrons. The van der Waals surface area contributed by atoms with Crippen LogP contribution in [0.3, 0.4) is 0 Å². The molecule has 2 amide bonds. The van der Waals surface area contributed by atoms with Crippen molar-refractivity contribution < 1.29 is 14.7 Å². The average Bonchev–Trinajstić information content (AvgIpc) is 2.85. The maximum absolute atomic E-state index is 13.3. The van der Waals surface area contributed by atoms with Crippen LogP contribution in [0.25, 0.3) is 0 Å². The first-order valence-electron chi connectivity index (χ1n) is 13.2. The summed E-state index contributed by atoms with van der Waals surface area (Å²) in [5, 5.41) is 16.1. The summed E-state index contributed by atoms with van der Waals surface area (Å²) < 4.78 is 0. The van der Waals surface area contributed by atoms with E-state index in [0.29, 0.717) is 0 Å². The van der Waals surface area contributed by atoms with Crippen molar-refractivity contribution in [1.82, 2.24) is 15.6 Å². The average molecular weight is 475 g/mol. The molecule has 5 N–H and O–H groups in total. The number of carbonyl (C=O) groups excluding carboxylic acids is 2. The Bertz CT molecular complexity index is 722. The van der Waals surface area contributed by atoms with Gasteiger partial charge in [0.15, 0.2) is 0 Å². The lowest BCUT2D eigenvalue weighted by Gasteiger charge is -2.30. The number of aliphatic hydroxyl groups is 1. The zero-order valence-corrected chi connectivity index (χ0v) is 21.3. The zero-order valence-electron chi connectivity index (χ0n) is 21.3. The standard InChI is InChI=1S/C27H46N4O3/c1-19(2)23(15-8-7-13-21-11-5-4-6-12-21)26(33)31-25(20(3)24(32)17-28)27(34)30-18-22-14-9-10-16-29-22/h9-10,14,16,19-21,23-25,32H,4-8,11-13,15,17-18,28H2,1-3H3,(H,30,34)(H,31,33)/t20-,23?,24?,25-/m0/s1. The number of nitrogens with two attached hydrogens (primary N) is 1. The van der Waals surface area contributed by atoms with E-state index in [-0.39, 0.29) is 36.7 Å². The van der Waals surface area contributed by atoms with Crippen molar-refractivity contribution in [2.45, 2.75) is 97.2 Å². The van der Waals surface area contributed by atoms with Crippen LogP contribution in [0.2, 0.25) is 0 Å². The number of hydrogen-bond donors (Lipinski definition) is 4. The van der Waals surface area contributed by atoms with Gasteiger partial charge in [-0.15, -0.1) is 0 Å². The highest BCUT2D eigenvalue weighted by Crippen LogP contribution is 2.29. The van der Waals surface area contributed by atoms with Crippen LogP contribution in [-0.4, -0.2) is 40.6 Å². The number of aromatic nitrogens is 1. The van der Waals surface area contributed by atoms with Crippen LogP contribution in [-0.2, 0) is 16.1 Å². The van der Waals surface area contributed by atoms with E-state index in [1.165, 1.54) is 38.5 Å². The number of hydrogen-bond acceptors (Lipinski definition) is 5. The number of amides is 2. The summed E-state index contributed by atoms with van der Waals surface area (Å²) in [7, 11) is 0. The fourth-order valence-corrected chi connectivity index (χ4v) is 4.96. The fraction of sp³-hybridized carbons (Fsp3) is 0.741. The van der Waals surface area contributed by atoms with Crippen molar-refractivity contribution in [1.29, 1.82) is 0 Å². The molecule has 34 heavy (non-hydrogen) atoms. The second kappa shape index (κ2) is 15.1. The molecule has 7 nitrogen and oxygen atoms in total. The summed E-state index contributed by atoms with van der Waals surface area (Å²) in [5.74, 6) is -0.121. The molecule has 1 aliphatic carbocycles. The lowest BCUT2D eigenvalue weighted by molar-refractivity contribution is -0.134. The SMILES string of the molecule is CC(C)C(CCCCC1CCCCC1)C(=O)N[C@H](C(=O)NCc1ccccn1)[C@@H](C)C(O)CN. The predicted octanol–water partition coefficient (Wildman–Crippen LogP) is 3.55. The molecule has 0 spiro atoms. The van der Waals surface area contributed by atoms with Crippen LogP contribution in [0, 0.1) is 23.7 Å². The van der Waals surface area contributed by atoms with E-state index in [0.717, 1.165) is 30.9 Å². The fourth-order valence-electron chi connectivity index (χ4n) is 4.96. The minimum Gasteiger partial charge on any atom is -0.391 e. The second-order valence-corrected chi connectivity index (χ2v) is 10.3. The number of aliphatic hydroxyl groups excluding tert-OH is 1. The summed E-state index contributed by atoms with van der Waals surface area (Å²) in [6, 6.07) is 4.64. The van der Waals surface area contributed by atoms with Crippen molar-refractivity contribution in [3.63, 3.8) is 0 Å². The van der Waals surface area contributed by atoms with Crippen LogP contribution in [0.4, 0.5) is 0 Å². The molecule has 0 saturated heterocycles. The van der Waals surface area contributed by atoms with Crippen molar-refractivity contribution in [3.05, 3.63) is 30.1 Å². The molecule has 1 fully saturated rings. The monoisotopic (exact) mass is 474 g/mol. The van der Waals surface area contributed by atoms with Gasteiger partial charge in [-0.1, -0.05) is 78.2 Å². The Morgan fingerprint density at radius 3 is 2.47 bits per heavy atom. The normalized spacial score (nSPS) is 18.2. The highest BCUT2D eigenvalue weighted by atomic mass is 16.3. The molecule has 4 atom stereocenters. The van der Waals surface area contributed by atoms with Crippen LogP contribution >= 0.6 is 0 Å². The number of nitrogens with zero attached hydrogens (tertiary/aromatic N) is 1. The van der Waals surface area contributed by atoms with E-state index in [9.17, 15) is 14.7 Å². The van der Waals surface area contributed by atoms with Gasteiger partial charge in [-0.25, -0.2) is 0 Å². The van der Waals surface area contributed by atoms with E-state index < -0.39 is 18.1 Å². The Balaban J connectivity index is 1.95. The van der Waals surface area contributed by atoms with Gasteiger partial charge in [-0.3, -0.25) is 14.6 Å². The van der Waals surface area contributed by atoms with E-state index in [1.54, 1.807) is 13.1 Å². The maximum Gasteiger partial charge on any atom is 0.243 e. The van der Waals surface area contributed by atoms with Gasteiger partial charge in [0.25, 0.3) is 0 Å². The molecule has 2 rings (SSSR count). The molecule has 7 heteroatoms. The highest BCUT2D eigenvalue weighted by molar-refractivity contribution is 5.88. The minimum absolute atomic E-state index is 0.0236.